The van der Waals surface area contributed by atoms with Crippen LogP contribution in [0.4, 0.5) is 5.69 Å². The van der Waals surface area contributed by atoms with Gasteiger partial charge in [0.05, 0.1) is 10.4 Å². The van der Waals surface area contributed by atoms with E-state index in [4.69, 9.17) is 5.73 Å². The van der Waals surface area contributed by atoms with E-state index in [1.54, 1.807) is 23.7 Å². The Hall–Kier alpha value is -1.42. The zero-order valence-electron chi connectivity index (χ0n) is 8.49. The van der Waals surface area contributed by atoms with Crippen molar-refractivity contribution in [2.75, 3.05) is 5.73 Å². The number of nitrogens with zero attached hydrogens (tertiary/aromatic N) is 1. The smallest absolute Gasteiger partial charge is 0.137 e. The molecule has 4 heteroatoms. The molecule has 0 fully saturated rings. The quantitative estimate of drug-likeness (QED) is 0.864. The van der Waals surface area contributed by atoms with Crippen LogP contribution in [0.5, 0.6) is 0 Å². The lowest BCUT2D eigenvalue weighted by Crippen LogP contribution is -2.00. The summed E-state index contributed by atoms with van der Waals surface area (Å²) in [6.45, 7) is 1.87. The first-order chi connectivity index (χ1) is 7.22. The molecule has 0 spiro atoms. The molecule has 0 radical (unpaired) electrons. The first kappa shape index (κ1) is 10.1. The number of pyridine rings is 1. The molecule has 2 N–H and O–H groups in total. The van der Waals surface area contributed by atoms with Crippen LogP contribution < -0.4 is 5.73 Å². The van der Waals surface area contributed by atoms with Crippen molar-refractivity contribution in [1.82, 2.24) is 4.98 Å². The molecule has 2 aromatic heterocycles. The Morgan fingerprint density at radius 1 is 1.60 bits per heavy atom. The zero-order valence-corrected chi connectivity index (χ0v) is 9.30. The fourth-order valence-corrected chi connectivity index (χ4v) is 2.58. The summed E-state index contributed by atoms with van der Waals surface area (Å²) in [6, 6.07) is 1.89. The van der Waals surface area contributed by atoms with Crippen LogP contribution >= 0.6 is 11.3 Å². The van der Waals surface area contributed by atoms with Crippen LogP contribution in [0.2, 0.25) is 0 Å². The zero-order chi connectivity index (χ0) is 10.8. The molecule has 0 aliphatic heterocycles. The minimum absolute atomic E-state index is 0.223. The third-order valence-corrected chi connectivity index (χ3v) is 3.52. The second-order valence-electron chi connectivity index (χ2n) is 3.38. The molecular weight excluding hydrogens is 208 g/mol. The number of carbonyl (C=O) groups excluding carboxylic acids is 1. The number of nitrogen functional groups attached to an aromatic ring is 1. The number of Topliss-reactive ketones (excluding diaryl/α,β-unsaturated/α-hetero) is 1. The summed E-state index contributed by atoms with van der Waals surface area (Å²) in [7, 11) is 0. The predicted molar refractivity (Wildman–Crippen MR) is 63.0 cm³/mol. The van der Waals surface area contributed by atoms with E-state index >= 15 is 0 Å². The maximum Gasteiger partial charge on any atom is 0.137 e. The number of nitrogens with two attached hydrogens (primary N) is 1. The fraction of sp³-hybridized carbons (Fsp3) is 0.273. The van der Waals surface area contributed by atoms with Gasteiger partial charge in [0.2, 0.25) is 0 Å². The second kappa shape index (κ2) is 3.98. The molecule has 2 heterocycles. The number of hydrogen-bond donors (Lipinski definition) is 1. The third-order valence-electron chi connectivity index (χ3n) is 2.36. The van der Waals surface area contributed by atoms with Gasteiger partial charge in [0.1, 0.15) is 5.78 Å². The molecule has 0 aliphatic rings. The molecule has 3 nitrogen and oxygen atoms in total. The average Bonchev–Trinajstić information content (AvgIpc) is 2.57. The predicted octanol–water partition coefficient (Wildman–Crippen LogP) is 2.40. The summed E-state index contributed by atoms with van der Waals surface area (Å²) < 4.78 is 1.05. The minimum atomic E-state index is 0.223. The lowest BCUT2D eigenvalue weighted by molar-refractivity contribution is -0.118. The summed E-state index contributed by atoms with van der Waals surface area (Å²) in [6.07, 6.45) is 4.51. The van der Waals surface area contributed by atoms with Crippen LogP contribution in [0, 0.1) is 0 Å². The van der Waals surface area contributed by atoms with Crippen LogP contribution in [0.3, 0.4) is 0 Å². The fourth-order valence-electron chi connectivity index (χ4n) is 1.46. The molecule has 0 saturated heterocycles. The number of carbonyl (C=O) groups is 1. The van der Waals surface area contributed by atoms with Gasteiger partial charge in [-0.3, -0.25) is 9.78 Å². The Labute approximate surface area is 91.9 Å². The molecule has 0 saturated carbocycles. The van der Waals surface area contributed by atoms with E-state index in [0.29, 0.717) is 12.8 Å². The largest absolute Gasteiger partial charge is 0.397 e. The summed E-state index contributed by atoms with van der Waals surface area (Å²) in [5.41, 5.74) is 6.71. The molecule has 0 atom stereocenters. The molecular formula is C11H12N2OS. The SMILES string of the molecule is CCC(=O)Cc1sc2cnccc2c1N. The first-order valence-electron chi connectivity index (χ1n) is 4.85. The summed E-state index contributed by atoms with van der Waals surface area (Å²) in [5, 5.41) is 1.01. The Bertz CT molecular complexity index is 504. The lowest BCUT2D eigenvalue weighted by atomic mass is 10.1. The lowest BCUT2D eigenvalue weighted by Gasteiger charge is -1.96. The molecule has 15 heavy (non-hydrogen) atoms. The number of anilines is 1. The standard InChI is InChI=1S/C11H12N2OS/c1-2-7(14)5-9-11(12)8-3-4-13-6-10(8)15-9/h3-4,6H,2,5,12H2,1H3. The molecule has 78 valence electrons. The van der Waals surface area contributed by atoms with E-state index in [2.05, 4.69) is 4.98 Å². The van der Waals surface area contributed by atoms with Crippen LogP contribution in [-0.4, -0.2) is 10.8 Å². The third kappa shape index (κ3) is 1.85. The van der Waals surface area contributed by atoms with Crippen LogP contribution in [0.1, 0.15) is 18.2 Å². The Balaban J connectivity index is 2.44. The summed E-state index contributed by atoms with van der Waals surface area (Å²) in [4.78, 5) is 16.3. The minimum Gasteiger partial charge on any atom is -0.397 e. The first-order valence-corrected chi connectivity index (χ1v) is 5.66. The van der Waals surface area contributed by atoms with E-state index in [9.17, 15) is 4.79 Å². The number of rotatable bonds is 3. The normalized spacial score (nSPS) is 10.7. The van der Waals surface area contributed by atoms with Crippen molar-refractivity contribution in [3.63, 3.8) is 0 Å². The highest BCUT2D eigenvalue weighted by molar-refractivity contribution is 7.19. The van der Waals surface area contributed by atoms with Gasteiger partial charge in [-0.2, -0.15) is 0 Å². The number of hydrogen-bond acceptors (Lipinski definition) is 4. The highest BCUT2D eigenvalue weighted by Crippen LogP contribution is 2.33. The molecule has 2 rings (SSSR count). The number of aromatic nitrogens is 1. The van der Waals surface area contributed by atoms with E-state index in [1.165, 1.54) is 0 Å². The van der Waals surface area contributed by atoms with Crippen molar-refractivity contribution >= 4 is 32.9 Å². The van der Waals surface area contributed by atoms with E-state index in [1.807, 2.05) is 13.0 Å². The summed E-state index contributed by atoms with van der Waals surface area (Å²) in [5.74, 6) is 0.223. The molecule has 0 bridgehead atoms. The van der Waals surface area contributed by atoms with E-state index < -0.39 is 0 Å². The van der Waals surface area contributed by atoms with Gasteiger partial charge in [-0.1, -0.05) is 6.92 Å². The van der Waals surface area contributed by atoms with Gasteiger partial charge >= 0.3 is 0 Å². The van der Waals surface area contributed by atoms with Crippen molar-refractivity contribution < 1.29 is 4.79 Å². The van der Waals surface area contributed by atoms with Gasteiger partial charge in [0.25, 0.3) is 0 Å². The molecule has 0 unspecified atom stereocenters. The molecule has 2 aromatic rings. The maximum atomic E-state index is 11.3. The Kier molecular flexibility index (Phi) is 2.68. The van der Waals surface area contributed by atoms with E-state index in [-0.39, 0.29) is 5.78 Å². The van der Waals surface area contributed by atoms with Gasteiger partial charge in [-0.05, 0) is 6.07 Å². The van der Waals surface area contributed by atoms with Crippen molar-refractivity contribution in [1.29, 1.82) is 0 Å². The molecule has 0 aromatic carbocycles. The number of fused-ring (bicyclic) bond motifs is 1. The van der Waals surface area contributed by atoms with Gasteiger partial charge < -0.3 is 5.73 Å². The average molecular weight is 220 g/mol. The maximum absolute atomic E-state index is 11.3. The van der Waals surface area contributed by atoms with Crippen molar-refractivity contribution in [3.8, 4) is 0 Å². The van der Waals surface area contributed by atoms with Crippen molar-refractivity contribution in [2.45, 2.75) is 19.8 Å². The van der Waals surface area contributed by atoms with Crippen LogP contribution in [0.15, 0.2) is 18.5 Å². The van der Waals surface area contributed by atoms with E-state index in [0.717, 1.165) is 20.7 Å². The summed E-state index contributed by atoms with van der Waals surface area (Å²) >= 11 is 1.56. The van der Waals surface area contributed by atoms with Gasteiger partial charge in [0.15, 0.2) is 0 Å². The molecule has 0 amide bonds. The Morgan fingerprint density at radius 3 is 3.07 bits per heavy atom. The van der Waals surface area contributed by atoms with Crippen molar-refractivity contribution in [3.05, 3.63) is 23.3 Å². The van der Waals surface area contributed by atoms with Gasteiger partial charge in [-0.15, -0.1) is 11.3 Å². The van der Waals surface area contributed by atoms with Crippen LogP contribution in [0.25, 0.3) is 10.1 Å². The van der Waals surface area contributed by atoms with Gasteiger partial charge in [-0.25, -0.2) is 0 Å². The van der Waals surface area contributed by atoms with Gasteiger partial charge in [0, 0.05) is 35.5 Å². The number of thiophene rings is 1. The topological polar surface area (TPSA) is 56.0 Å². The monoisotopic (exact) mass is 220 g/mol. The highest BCUT2D eigenvalue weighted by atomic mass is 32.1. The second-order valence-corrected chi connectivity index (χ2v) is 4.52. The highest BCUT2D eigenvalue weighted by Gasteiger charge is 2.11. The van der Waals surface area contributed by atoms with Crippen LogP contribution in [-0.2, 0) is 11.2 Å². The number of ketones is 1. The van der Waals surface area contributed by atoms with Crippen molar-refractivity contribution in [2.24, 2.45) is 0 Å². The molecule has 0 aliphatic carbocycles. The Morgan fingerprint density at radius 2 is 2.40 bits per heavy atom.